The zero-order valence-corrected chi connectivity index (χ0v) is 11.7. The number of aliphatic hydroxyl groups is 1. The Morgan fingerprint density at radius 1 is 1.65 bits per heavy atom. The number of carbonyl (C=O) groups is 1. The average molecular weight is 280 g/mol. The van der Waals surface area contributed by atoms with Gasteiger partial charge in [-0.1, -0.05) is 12.1 Å². The van der Waals surface area contributed by atoms with Gasteiger partial charge in [0, 0.05) is 19.2 Å². The Bertz CT molecular complexity index is 493. The standard InChI is InChI=1S/C14H20N2O4/c1-2-10-8-11(20-15-10)13(18)16-6-4-12(17)14(9-16)5-3-7-19-14/h8,12,17H,2-7,9H2,1H3/t12-,14-/m0/s1. The van der Waals surface area contributed by atoms with Gasteiger partial charge >= 0.3 is 0 Å². The van der Waals surface area contributed by atoms with Crippen LogP contribution in [0.2, 0.25) is 0 Å². The van der Waals surface area contributed by atoms with Gasteiger partial charge in [0.25, 0.3) is 5.91 Å². The van der Waals surface area contributed by atoms with Crippen LogP contribution in [0.15, 0.2) is 10.6 Å². The topological polar surface area (TPSA) is 75.8 Å². The zero-order valence-electron chi connectivity index (χ0n) is 11.7. The molecule has 0 bridgehead atoms. The van der Waals surface area contributed by atoms with Gasteiger partial charge in [-0.25, -0.2) is 0 Å². The van der Waals surface area contributed by atoms with Crippen LogP contribution in [0.25, 0.3) is 0 Å². The molecule has 1 N–H and O–H groups in total. The summed E-state index contributed by atoms with van der Waals surface area (Å²) in [4.78, 5) is 14.1. The molecule has 0 aromatic carbocycles. The SMILES string of the molecule is CCc1cc(C(=O)N2CC[C@H](O)[C@]3(CCCO3)C2)on1. The van der Waals surface area contributed by atoms with Crippen molar-refractivity contribution in [3.63, 3.8) is 0 Å². The molecule has 110 valence electrons. The van der Waals surface area contributed by atoms with Crippen LogP contribution < -0.4 is 0 Å². The summed E-state index contributed by atoms with van der Waals surface area (Å²) in [6, 6.07) is 1.69. The Morgan fingerprint density at radius 2 is 2.50 bits per heavy atom. The predicted molar refractivity (Wildman–Crippen MR) is 70.3 cm³/mol. The Balaban J connectivity index is 1.75. The largest absolute Gasteiger partial charge is 0.390 e. The molecule has 2 saturated heterocycles. The van der Waals surface area contributed by atoms with Gasteiger partial charge in [-0.15, -0.1) is 0 Å². The van der Waals surface area contributed by atoms with Crippen molar-refractivity contribution in [2.45, 2.75) is 44.3 Å². The number of aromatic nitrogens is 1. The van der Waals surface area contributed by atoms with Crippen LogP contribution in [0.5, 0.6) is 0 Å². The molecule has 1 spiro atoms. The minimum atomic E-state index is -0.582. The van der Waals surface area contributed by atoms with Crippen molar-refractivity contribution in [1.82, 2.24) is 10.1 Å². The molecule has 3 rings (SSSR count). The van der Waals surface area contributed by atoms with Crippen LogP contribution in [0.4, 0.5) is 0 Å². The van der Waals surface area contributed by atoms with E-state index in [1.54, 1.807) is 11.0 Å². The van der Waals surface area contributed by atoms with Gasteiger partial charge in [0.2, 0.25) is 5.76 Å². The Hall–Kier alpha value is -1.40. The highest BCUT2D eigenvalue weighted by Crippen LogP contribution is 2.35. The van der Waals surface area contributed by atoms with E-state index < -0.39 is 11.7 Å². The van der Waals surface area contributed by atoms with Crippen molar-refractivity contribution in [2.75, 3.05) is 19.7 Å². The number of rotatable bonds is 2. The molecule has 6 nitrogen and oxygen atoms in total. The van der Waals surface area contributed by atoms with Crippen LogP contribution in [-0.4, -0.2) is 52.5 Å². The predicted octanol–water partition coefficient (Wildman–Crippen LogP) is 0.993. The number of hydrogen-bond acceptors (Lipinski definition) is 5. The maximum atomic E-state index is 12.4. The van der Waals surface area contributed by atoms with E-state index in [4.69, 9.17) is 9.26 Å². The zero-order chi connectivity index (χ0) is 14.2. The first kappa shape index (κ1) is 13.6. The lowest BCUT2D eigenvalue weighted by molar-refractivity contribution is -0.124. The third kappa shape index (κ3) is 2.23. The van der Waals surface area contributed by atoms with Crippen molar-refractivity contribution < 1.29 is 19.2 Å². The highest BCUT2D eigenvalue weighted by atomic mass is 16.5. The summed E-state index contributed by atoms with van der Waals surface area (Å²) in [6.07, 6.45) is 2.52. The number of piperidine rings is 1. The molecule has 0 radical (unpaired) electrons. The lowest BCUT2D eigenvalue weighted by Crippen LogP contribution is -2.57. The maximum Gasteiger partial charge on any atom is 0.292 e. The number of likely N-dealkylation sites (tertiary alicyclic amines) is 1. The molecule has 1 aromatic rings. The van der Waals surface area contributed by atoms with Crippen molar-refractivity contribution in [3.8, 4) is 0 Å². The number of nitrogens with zero attached hydrogens (tertiary/aromatic N) is 2. The Kier molecular flexibility index (Phi) is 3.52. The van der Waals surface area contributed by atoms with Crippen LogP contribution in [0.3, 0.4) is 0 Å². The lowest BCUT2D eigenvalue weighted by Gasteiger charge is -2.42. The smallest absolute Gasteiger partial charge is 0.292 e. The molecular formula is C14H20N2O4. The van der Waals surface area contributed by atoms with E-state index in [9.17, 15) is 9.90 Å². The first-order valence-electron chi connectivity index (χ1n) is 7.21. The van der Waals surface area contributed by atoms with Gasteiger partial charge in [-0.05, 0) is 25.7 Å². The quantitative estimate of drug-likeness (QED) is 0.874. The van der Waals surface area contributed by atoms with Crippen molar-refractivity contribution in [3.05, 3.63) is 17.5 Å². The van der Waals surface area contributed by atoms with Crippen molar-refractivity contribution >= 4 is 5.91 Å². The van der Waals surface area contributed by atoms with E-state index in [2.05, 4.69) is 5.16 Å². The van der Waals surface area contributed by atoms with Crippen LogP contribution in [-0.2, 0) is 11.2 Å². The molecule has 0 unspecified atom stereocenters. The molecule has 2 aliphatic heterocycles. The van der Waals surface area contributed by atoms with Gasteiger partial charge in [-0.2, -0.15) is 0 Å². The number of carbonyl (C=O) groups excluding carboxylic acids is 1. The molecule has 1 aromatic heterocycles. The van der Waals surface area contributed by atoms with E-state index in [1.807, 2.05) is 6.92 Å². The summed E-state index contributed by atoms with van der Waals surface area (Å²) in [5.74, 6) is 0.102. The summed E-state index contributed by atoms with van der Waals surface area (Å²) in [6.45, 7) is 3.56. The molecule has 2 fully saturated rings. The lowest BCUT2D eigenvalue weighted by atomic mass is 9.87. The fourth-order valence-corrected chi connectivity index (χ4v) is 3.06. The number of amides is 1. The Morgan fingerprint density at radius 3 is 3.15 bits per heavy atom. The van der Waals surface area contributed by atoms with Crippen LogP contribution in [0, 0.1) is 0 Å². The minimum absolute atomic E-state index is 0.168. The molecule has 20 heavy (non-hydrogen) atoms. The summed E-state index contributed by atoms with van der Waals surface area (Å²) < 4.78 is 10.9. The molecule has 0 saturated carbocycles. The van der Waals surface area contributed by atoms with Crippen molar-refractivity contribution in [1.29, 1.82) is 0 Å². The third-order valence-electron chi connectivity index (χ3n) is 4.29. The maximum absolute atomic E-state index is 12.4. The van der Waals surface area contributed by atoms with Gasteiger partial charge in [-0.3, -0.25) is 4.79 Å². The number of hydrogen-bond donors (Lipinski definition) is 1. The molecule has 0 aliphatic carbocycles. The second-order valence-electron chi connectivity index (χ2n) is 5.58. The Labute approximate surface area is 117 Å². The van der Waals surface area contributed by atoms with E-state index in [1.165, 1.54) is 0 Å². The van der Waals surface area contributed by atoms with Gasteiger partial charge in [0.1, 0.15) is 5.60 Å². The molecule has 2 atom stereocenters. The second-order valence-corrected chi connectivity index (χ2v) is 5.58. The average Bonchev–Trinajstić information content (AvgIpc) is 3.11. The number of ether oxygens (including phenoxy) is 1. The summed E-state index contributed by atoms with van der Waals surface area (Å²) in [7, 11) is 0. The van der Waals surface area contributed by atoms with E-state index >= 15 is 0 Å². The fraction of sp³-hybridized carbons (Fsp3) is 0.714. The van der Waals surface area contributed by atoms with Gasteiger partial charge in [0.05, 0.1) is 18.3 Å². The molecule has 6 heteroatoms. The number of aliphatic hydroxyl groups excluding tert-OH is 1. The fourth-order valence-electron chi connectivity index (χ4n) is 3.06. The first-order chi connectivity index (χ1) is 9.64. The highest BCUT2D eigenvalue weighted by molar-refractivity contribution is 5.91. The summed E-state index contributed by atoms with van der Waals surface area (Å²) >= 11 is 0. The van der Waals surface area contributed by atoms with Crippen molar-refractivity contribution in [2.24, 2.45) is 0 Å². The minimum Gasteiger partial charge on any atom is -0.390 e. The summed E-state index contributed by atoms with van der Waals surface area (Å²) in [5.41, 5.74) is 0.193. The molecular weight excluding hydrogens is 260 g/mol. The van der Waals surface area contributed by atoms with E-state index in [0.29, 0.717) is 26.1 Å². The van der Waals surface area contributed by atoms with Gasteiger partial charge in [0.15, 0.2) is 0 Å². The van der Waals surface area contributed by atoms with E-state index in [-0.39, 0.29) is 11.7 Å². The first-order valence-corrected chi connectivity index (χ1v) is 7.21. The number of aryl methyl sites for hydroxylation is 1. The summed E-state index contributed by atoms with van der Waals surface area (Å²) in [5, 5.41) is 14.0. The molecule has 2 aliphatic rings. The van der Waals surface area contributed by atoms with Crippen LogP contribution >= 0.6 is 0 Å². The molecule has 1 amide bonds. The van der Waals surface area contributed by atoms with Crippen LogP contribution in [0.1, 0.15) is 42.4 Å². The second kappa shape index (κ2) is 5.18. The normalized spacial score (nSPS) is 30.1. The monoisotopic (exact) mass is 280 g/mol. The highest BCUT2D eigenvalue weighted by Gasteiger charge is 2.47. The van der Waals surface area contributed by atoms with E-state index in [0.717, 1.165) is 25.0 Å². The van der Waals surface area contributed by atoms with Gasteiger partial charge < -0.3 is 19.3 Å². The third-order valence-corrected chi connectivity index (χ3v) is 4.29. The molecule has 3 heterocycles.